The molecular formula is C24H28N2O9. The highest BCUT2D eigenvalue weighted by Gasteiger charge is 2.45. The molecule has 1 saturated heterocycles. The van der Waals surface area contributed by atoms with E-state index in [1.165, 1.54) is 6.07 Å². The van der Waals surface area contributed by atoms with Gasteiger partial charge in [-0.05, 0) is 18.6 Å². The van der Waals surface area contributed by atoms with Gasteiger partial charge in [-0.15, -0.1) is 6.42 Å². The third-order valence-corrected chi connectivity index (χ3v) is 5.22. The molecule has 0 bridgehead atoms. The Morgan fingerprint density at radius 1 is 0.886 bits per heavy atom. The quantitative estimate of drug-likeness (QED) is 0.209. The Bertz CT molecular complexity index is 972. The number of hydrogen-bond acceptors (Lipinski definition) is 9. The van der Waals surface area contributed by atoms with Crippen molar-refractivity contribution in [2.24, 2.45) is 0 Å². The number of fused-ring (bicyclic) bond motifs is 1. The van der Waals surface area contributed by atoms with E-state index in [2.05, 4.69) is 11.2 Å². The average Bonchev–Trinajstić information content (AvgIpc) is 3.10. The van der Waals surface area contributed by atoms with Crippen LogP contribution in [-0.4, -0.2) is 94.0 Å². The molecule has 0 radical (unpaired) electrons. The van der Waals surface area contributed by atoms with Gasteiger partial charge in [0.2, 0.25) is 11.8 Å². The highest BCUT2D eigenvalue weighted by Crippen LogP contribution is 2.33. The number of amides is 4. The normalized spacial score (nSPS) is 17.3. The molecule has 1 atom stereocenters. The van der Waals surface area contributed by atoms with E-state index in [0.29, 0.717) is 39.6 Å². The van der Waals surface area contributed by atoms with Gasteiger partial charge in [-0.2, -0.15) is 0 Å². The second kappa shape index (κ2) is 13.6. The third-order valence-electron chi connectivity index (χ3n) is 5.22. The minimum Gasteiger partial charge on any atom is -0.490 e. The van der Waals surface area contributed by atoms with Crippen LogP contribution in [0.15, 0.2) is 18.2 Å². The molecule has 0 aliphatic carbocycles. The van der Waals surface area contributed by atoms with E-state index in [4.69, 9.17) is 30.1 Å². The van der Waals surface area contributed by atoms with Gasteiger partial charge in [-0.25, -0.2) is 0 Å². The molecular weight excluding hydrogens is 460 g/mol. The Morgan fingerprint density at radius 3 is 2.14 bits per heavy atom. The Hall–Kier alpha value is -3.30. The first-order valence-electron chi connectivity index (χ1n) is 11.3. The van der Waals surface area contributed by atoms with Crippen molar-refractivity contribution in [1.29, 1.82) is 0 Å². The van der Waals surface area contributed by atoms with Crippen LogP contribution in [0.3, 0.4) is 0 Å². The van der Waals surface area contributed by atoms with Crippen molar-refractivity contribution in [1.82, 2.24) is 10.2 Å². The van der Waals surface area contributed by atoms with E-state index in [1.54, 1.807) is 12.1 Å². The first kappa shape index (κ1) is 26.3. The van der Waals surface area contributed by atoms with Crippen molar-refractivity contribution in [3.8, 4) is 18.1 Å². The summed E-state index contributed by atoms with van der Waals surface area (Å²) in [4.78, 5) is 50.3. The van der Waals surface area contributed by atoms with Crippen LogP contribution in [0, 0.1) is 12.3 Å². The topological polar surface area (TPSA) is 130 Å². The molecule has 4 amide bonds. The van der Waals surface area contributed by atoms with E-state index in [-0.39, 0.29) is 49.5 Å². The lowest BCUT2D eigenvalue weighted by Gasteiger charge is -2.27. The number of imide groups is 2. The van der Waals surface area contributed by atoms with E-state index in [1.807, 2.05) is 0 Å². The van der Waals surface area contributed by atoms with Gasteiger partial charge in [0, 0.05) is 6.42 Å². The number of benzene rings is 1. The van der Waals surface area contributed by atoms with E-state index < -0.39 is 29.7 Å². The number of carbonyl (C=O) groups is 4. The van der Waals surface area contributed by atoms with Gasteiger partial charge < -0.3 is 23.7 Å². The lowest BCUT2D eigenvalue weighted by atomic mass is 10.0. The molecule has 2 aliphatic heterocycles. The number of nitrogens with one attached hydrogen (secondary N) is 1. The second-order valence-corrected chi connectivity index (χ2v) is 7.57. The highest BCUT2D eigenvalue weighted by molar-refractivity contribution is 6.24. The summed E-state index contributed by atoms with van der Waals surface area (Å²) >= 11 is 0. The summed E-state index contributed by atoms with van der Waals surface area (Å²) in [6, 6.07) is 3.67. The SMILES string of the molecule is C#CCOCCOCCOCCOCCOc1cccc2c1C(=O)N(C1CCC(=O)NC1=O)C2=O. The van der Waals surface area contributed by atoms with E-state index >= 15 is 0 Å². The van der Waals surface area contributed by atoms with Gasteiger partial charge in [0.05, 0.1) is 57.4 Å². The van der Waals surface area contributed by atoms with Gasteiger partial charge in [0.25, 0.3) is 11.8 Å². The van der Waals surface area contributed by atoms with Crippen LogP contribution < -0.4 is 10.1 Å². The number of rotatable bonds is 15. The zero-order chi connectivity index (χ0) is 25.0. The summed E-state index contributed by atoms with van der Waals surface area (Å²) in [6.07, 6.45) is 5.22. The predicted molar refractivity (Wildman–Crippen MR) is 121 cm³/mol. The molecule has 188 valence electrons. The van der Waals surface area contributed by atoms with E-state index in [0.717, 1.165) is 4.90 Å². The van der Waals surface area contributed by atoms with Gasteiger partial charge in [-0.1, -0.05) is 12.0 Å². The van der Waals surface area contributed by atoms with Crippen LogP contribution in [0.2, 0.25) is 0 Å². The van der Waals surface area contributed by atoms with E-state index in [9.17, 15) is 19.2 Å². The van der Waals surface area contributed by atoms with Gasteiger partial charge >= 0.3 is 0 Å². The van der Waals surface area contributed by atoms with Crippen molar-refractivity contribution in [3.63, 3.8) is 0 Å². The van der Waals surface area contributed by atoms with Crippen molar-refractivity contribution in [2.45, 2.75) is 18.9 Å². The molecule has 1 fully saturated rings. The Labute approximate surface area is 203 Å². The largest absolute Gasteiger partial charge is 0.490 e. The number of hydrogen-bond donors (Lipinski definition) is 1. The summed E-state index contributed by atoms with van der Waals surface area (Å²) in [5, 5.41) is 2.17. The summed E-state index contributed by atoms with van der Waals surface area (Å²) in [5.41, 5.74) is 0.270. The van der Waals surface area contributed by atoms with Crippen molar-refractivity contribution in [2.75, 3.05) is 59.5 Å². The fourth-order valence-electron chi connectivity index (χ4n) is 3.61. The summed E-state index contributed by atoms with van der Waals surface area (Å²) < 4.78 is 26.9. The van der Waals surface area contributed by atoms with Gasteiger partial charge in [-0.3, -0.25) is 29.4 Å². The molecule has 11 heteroatoms. The fourth-order valence-corrected chi connectivity index (χ4v) is 3.61. The first-order chi connectivity index (χ1) is 17.0. The molecule has 1 aromatic carbocycles. The maximum absolute atomic E-state index is 13.0. The molecule has 11 nitrogen and oxygen atoms in total. The monoisotopic (exact) mass is 488 g/mol. The number of carbonyl (C=O) groups excluding carboxylic acids is 4. The second-order valence-electron chi connectivity index (χ2n) is 7.57. The molecule has 1 aromatic rings. The van der Waals surface area contributed by atoms with Crippen LogP contribution in [0.4, 0.5) is 0 Å². The number of ether oxygens (including phenoxy) is 5. The maximum atomic E-state index is 13.0. The lowest BCUT2D eigenvalue weighted by molar-refractivity contribution is -0.136. The van der Waals surface area contributed by atoms with Crippen LogP contribution >= 0.6 is 0 Å². The number of piperidine rings is 1. The molecule has 3 rings (SSSR count). The Kier molecular flexibility index (Phi) is 10.2. The molecule has 0 aromatic heterocycles. The van der Waals surface area contributed by atoms with Gasteiger partial charge in [0.15, 0.2) is 0 Å². The van der Waals surface area contributed by atoms with Crippen molar-refractivity contribution >= 4 is 23.6 Å². The summed E-state index contributed by atoms with van der Waals surface area (Å²) in [6.45, 7) is 3.13. The van der Waals surface area contributed by atoms with Crippen LogP contribution in [-0.2, 0) is 28.5 Å². The fraction of sp³-hybridized carbons (Fsp3) is 0.500. The molecule has 1 N–H and O–H groups in total. The minimum atomic E-state index is -1.02. The van der Waals surface area contributed by atoms with Crippen LogP contribution in [0.25, 0.3) is 0 Å². The maximum Gasteiger partial charge on any atom is 0.266 e. The van der Waals surface area contributed by atoms with Gasteiger partial charge in [0.1, 0.15) is 25.0 Å². The van der Waals surface area contributed by atoms with Crippen molar-refractivity contribution < 1.29 is 42.9 Å². The zero-order valence-electron chi connectivity index (χ0n) is 19.3. The molecule has 0 spiro atoms. The standard InChI is InChI=1S/C24H28N2O9/c1-2-8-31-9-10-32-11-12-33-13-14-34-15-16-35-19-5-3-4-17-21(19)24(30)26(23(17)29)18-6-7-20(27)25-22(18)28/h1,3-5,18H,6-16H2,(H,25,27,28). The van der Waals surface area contributed by atoms with Crippen LogP contribution in [0.5, 0.6) is 5.75 Å². The Balaban J connectivity index is 1.36. The molecule has 35 heavy (non-hydrogen) atoms. The Morgan fingerprint density at radius 2 is 1.51 bits per heavy atom. The predicted octanol–water partition coefficient (Wildman–Crippen LogP) is 0.166. The molecule has 1 unspecified atom stereocenters. The van der Waals surface area contributed by atoms with Crippen LogP contribution in [0.1, 0.15) is 33.6 Å². The molecule has 2 heterocycles. The highest BCUT2D eigenvalue weighted by atomic mass is 16.6. The number of terminal acetylenes is 1. The third kappa shape index (κ3) is 7.10. The lowest BCUT2D eigenvalue weighted by Crippen LogP contribution is -2.54. The summed E-state index contributed by atoms with van der Waals surface area (Å²) in [5.74, 6) is 0.326. The molecule has 2 aliphatic rings. The summed E-state index contributed by atoms with van der Waals surface area (Å²) in [7, 11) is 0. The average molecular weight is 488 g/mol. The number of nitrogens with zero attached hydrogens (tertiary/aromatic N) is 1. The first-order valence-corrected chi connectivity index (χ1v) is 11.3. The smallest absolute Gasteiger partial charge is 0.266 e. The minimum absolute atomic E-state index is 0.0589. The molecule has 0 saturated carbocycles. The van der Waals surface area contributed by atoms with Crippen molar-refractivity contribution in [3.05, 3.63) is 29.3 Å². The zero-order valence-corrected chi connectivity index (χ0v) is 19.3.